The molecule has 1 rings (SSSR count). The predicted molar refractivity (Wildman–Crippen MR) is 75.7 cm³/mol. The highest BCUT2D eigenvalue weighted by Crippen LogP contribution is 2.21. The maximum atomic E-state index is 11.5. The van der Waals surface area contributed by atoms with Crippen molar-refractivity contribution < 1.29 is 14.3 Å². The Morgan fingerprint density at radius 3 is 2.82 bits per heavy atom. The second-order valence-electron chi connectivity index (χ2n) is 3.21. The van der Waals surface area contributed by atoms with Crippen molar-refractivity contribution in [3.05, 3.63) is 12.7 Å². The summed E-state index contributed by atoms with van der Waals surface area (Å²) in [5, 5.41) is 4.00. The van der Waals surface area contributed by atoms with Crippen molar-refractivity contribution in [2.75, 3.05) is 29.0 Å². The second-order valence-corrected chi connectivity index (χ2v) is 6.70. The Morgan fingerprint density at radius 1 is 1.47 bits per heavy atom. The van der Waals surface area contributed by atoms with Crippen molar-refractivity contribution in [3.8, 4) is 0 Å². The van der Waals surface area contributed by atoms with Gasteiger partial charge in [-0.1, -0.05) is 18.3 Å². The van der Waals surface area contributed by atoms with Crippen molar-refractivity contribution >= 4 is 46.5 Å². The number of esters is 1. The van der Waals surface area contributed by atoms with E-state index in [1.807, 2.05) is 23.5 Å². The number of ether oxygens (including phenoxy) is 1. The molecule has 0 aromatic heterocycles. The van der Waals surface area contributed by atoms with E-state index in [0.29, 0.717) is 5.75 Å². The Kier molecular flexibility index (Phi) is 7.63. The van der Waals surface area contributed by atoms with Crippen molar-refractivity contribution in [2.24, 2.45) is 0 Å². The van der Waals surface area contributed by atoms with Crippen LogP contribution in [0.5, 0.6) is 0 Å². The van der Waals surface area contributed by atoms with E-state index in [2.05, 4.69) is 11.9 Å². The molecule has 0 aromatic carbocycles. The van der Waals surface area contributed by atoms with E-state index < -0.39 is 5.97 Å². The fourth-order valence-electron chi connectivity index (χ4n) is 1.11. The van der Waals surface area contributed by atoms with Crippen molar-refractivity contribution in [1.29, 1.82) is 0 Å². The minimum Gasteiger partial charge on any atom is -0.462 e. The fraction of sp³-hybridized carbons (Fsp3) is 0.600. The van der Waals surface area contributed by atoms with Gasteiger partial charge in [-0.25, -0.2) is 4.79 Å². The Morgan fingerprint density at radius 2 is 2.18 bits per heavy atom. The average Bonchev–Trinajstić information content (AvgIpc) is 2.35. The average molecular weight is 293 g/mol. The number of rotatable bonds is 5. The molecule has 0 aromatic rings. The molecule has 17 heavy (non-hydrogen) atoms. The molecule has 0 unspecified atom stereocenters. The van der Waals surface area contributed by atoms with Gasteiger partial charge in [0.25, 0.3) is 5.24 Å². The molecule has 1 amide bonds. The van der Waals surface area contributed by atoms with Crippen LogP contribution in [0.15, 0.2) is 12.7 Å². The number of hydrogen-bond donors (Lipinski definition) is 1. The highest BCUT2D eigenvalue weighted by molar-refractivity contribution is 8.16. The predicted octanol–water partition coefficient (Wildman–Crippen LogP) is 1.96. The lowest BCUT2D eigenvalue weighted by molar-refractivity contribution is -0.137. The molecule has 4 nitrogen and oxygen atoms in total. The summed E-state index contributed by atoms with van der Waals surface area (Å²) in [7, 11) is 0. The van der Waals surface area contributed by atoms with Gasteiger partial charge in [0.05, 0.1) is 0 Å². The van der Waals surface area contributed by atoms with Crippen LogP contribution in [0.25, 0.3) is 0 Å². The normalized spacial score (nSPS) is 16.2. The van der Waals surface area contributed by atoms with Gasteiger partial charge < -0.3 is 10.1 Å². The van der Waals surface area contributed by atoms with E-state index in [0.717, 1.165) is 34.4 Å². The summed E-state index contributed by atoms with van der Waals surface area (Å²) in [5.41, 5.74) is 0. The Hall–Kier alpha value is -0.270. The van der Waals surface area contributed by atoms with Crippen molar-refractivity contribution in [1.82, 2.24) is 5.32 Å². The number of carbonyl (C=O) groups excluding carboxylic acids is 2. The maximum absolute atomic E-state index is 11.5. The molecule has 7 heteroatoms. The Bertz CT molecular complexity index is 280. The van der Waals surface area contributed by atoms with Gasteiger partial charge in [0, 0.05) is 34.5 Å². The number of thioether (sulfide) groups is 3. The first-order valence-electron chi connectivity index (χ1n) is 5.10. The molecular formula is C10H15NO3S3. The summed E-state index contributed by atoms with van der Waals surface area (Å²) in [6.07, 6.45) is 1.11. The molecule has 0 spiro atoms. The van der Waals surface area contributed by atoms with Gasteiger partial charge in [-0.15, -0.1) is 23.5 Å². The van der Waals surface area contributed by atoms with Crippen LogP contribution < -0.4 is 5.32 Å². The second kappa shape index (κ2) is 8.77. The van der Waals surface area contributed by atoms with Crippen LogP contribution in [-0.2, 0) is 9.53 Å². The van der Waals surface area contributed by atoms with Crippen LogP contribution in [0.4, 0.5) is 4.79 Å². The van der Waals surface area contributed by atoms with Crippen LogP contribution in [0.1, 0.15) is 0 Å². The largest absolute Gasteiger partial charge is 0.462 e. The minimum absolute atomic E-state index is 0.0484. The van der Waals surface area contributed by atoms with Crippen molar-refractivity contribution in [2.45, 2.75) is 6.04 Å². The lowest BCUT2D eigenvalue weighted by atomic mass is 10.4. The molecule has 0 bridgehead atoms. The van der Waals surface area contributed by atoms with Crippen LogP contribution in [0.2, 0.25) is 0 Å². The van der Waals surface area contributed by atoms with Crippen LogP contribution in [-0.4, -0.2) is 46.2 Å². The molecule has 0 saturated carbocycles. The monoisotopic (exact) mass is 293 g/mol. The zero-order valence-electron chi connectivity index (χ0n) is 9.35. The summed E-state index contributed by atoms with van der Waals surface area (Å²) in [6.45, 7) is 3.52. The molecule has 1 aliphatic heterocycles. The third-order valence-electron chi connectivity index (χ3n) is 1.85. The van der Waals surface area contributed by atoms with Gasteiger partial charge in [-0.3, -0.25) is 4.79 Å². The number of nitrogens with one attached hydrogen (secondary N) is 1. The third kappa shape index (κ3) is 6.90. The van der Waals surface area contributed by atoms with Gasteiger partial charge in [-0.2, -0.15) is 0 Å². The minimum atomic E-state index is -0.453. The molecule has 1 heterocycles. The summed E-state index contributed by atoms with van der Waals surface area (Å²) in [5.74, 6) is 1.97. The topological polar surface area (TPSA) is 55.4 Å². The van der Waals surface area contributed by atoms with E-state index in [1.54, 1.807) is 0 Å². The van der Waals surface area contributed by atoms with E-state index >= 15 is 0 Å². The molecular weight excluding hydrogens is 278 g/mol. The summed E-state index contributed by atoms with van der Waals surface area (Å²) in [4.78, 5) is 22.2. The smallest absolute Gasteiger partial charge is 0.330 e. The molecule has 1 fully saturated rings. The maximum Gasteiger partial charge on any atom is 0.330 e. The first-order valence-corrected chi connectivity index (χ1v) is 8.40. The van der Waals surface area contributed by atoms with Gasteiger partial charge >= 0.3 is 5.97 Å². The fourth-order valence-corrected chi connectivity index (χ4v) is 4.08. The SMILES string of the molecule is C=CC(=O)OCCSC(=O)NC1CSCSC1. The summed E-state index contributed by atoms with van der Waals surface area (Å²) >= 11 is 4.82. The standard InChI is InChI=1S/C10H15NO3S3/c1-2-9(12)14-3-4-17-10(13)11-8-5-15-7-16-6-8/h2,8H,1,3-7H2,(H,11,13). The molecule has 1 saturated heterocycles. The first kappa shape index (κ1) is 14.8. The summed E-state index contributed by atoms with van der Waals surface area (Å²) in [6, 6.07) is 0.259. The number of carbonyl (C=O) groups is 2. The molecule has 1 aliphatic rings. The van der Waals surface area contributed by atoms with Gasteiger partial charge in [0.1, 0.15) is 6.61 Å². The van der Waals surface area contributed by atoms with E-state index in [1.165, 1.54) is 0 Å². The van der Waals surface area contributed by atoms with Gasteiger partial charge in [0.15, 0.2) is 0 Å². The third-order valence-corrected chi connectivity index (χ3v) is 5.21. The zero-order valence-corrected chi connectivity index (χ0v) is 11.8. The highest BCUT2D eigenvalue weighted by atomic mass is 32.2. The molecule has 0 radical (unpaired) electrons. The van der Waals surface area contributed by atoms with E-state index in [4.69, 9.17) is 4.74 Å². The van der Waals surface area contributed by atoms with Crippen LogP contribution in [0.3, 0.4) is 0 Å². The lowest BCUT2D eigenvalue weighted by Gasteiger charge is -2.21. The first-order chi connectivity index (χ1) is 8.22. The van der Waals surface area contributed by atoms with Crippen LogP contribution in [0, 0.1) is 0 Å². The van der Waals surface area contributed by atoms with Crippen LogP contribution >= 0.6 is 35.3 Å². The quantitative estimate of drug-likeness (QED) is 0.475. The molecule has 0 aliphatic carbocycles. The lowest BCUT2D eigenvalue weighted by Crippen LogP contribution is -2.38. The van der Waals surface area contributed by atoms with Gasteiger partial charge in [-0.05, 0) is 0 Å². The number of hydrogen-bond acceptors (Lipinski definition) is 6. The van der Waals surface area contributed by atoms with E-state index in [-0.39, 0.29) is 17.9 Å². The van der Waals surface area contributed by atoms with Crippen molar-refractivity contribution in [3.63, 3.8) is 0 Å². The highest BCUT2D eigenvalue weighted by Gasteiger charge is 2.16. The Balaban J connectivity index is 2.04. The molecule has 1 N–H and O–H groups in total. The Labute approximate surface area is 114 Å². The molecule has 0 atom stereocenters. The summed E-state index contributed by atoms with van der Waals surface area (Å²) < 4.78 is 4.77. The van der Waals surface area contributed by atoms with Gasteiger partial charge in [0.2, 0.25) is 0 Å². The van der Waals surface area contributed by atoms with E-state index in [9.17, 15) is 9.59 Å². The zero-order chi connectivity index (χ0) is 12.5. The molecule has 96 valence electrons. The number of amides is 1.